The van der Waals surface area contributed by atoms with Crippen molar-refractivity contribution < 1.29 is 13.9 Å². The molecule has 0 spiro atoms. The van der Waals surface area contributed by atoms with Crippen molar-refractivity contribution in [2.45, 2.75) is 19.9 Å². The van der Waals surface area contributed by atoms with Crippen LogP contribution in [0.5, 0.6) is 5.75 Å². The number of benzene rings is 2. The summed E-state index contributed by atoms with van der Waals surface area (Å²) in [5, 5.41) is 2.75. The number of nitrogens with zero attached hydrogens (tertiary/aromatic N) is 3. The minimum absolute atomic E-state index is 0.266. The van der Waals surface area contributed by atoms with Crippen molar-refractivity contribution in [2.75, 3.05) is 19.0 Å². The molecule has 3 aromatic rings. The first kappa shape index (κ1) is 18.9. The Morgan fingerprint density at radius 1 is 1.21 bits per heavy atom. The Hall–Kier alpha value is -3.48. The van der Waals surface area contributed by atoms with Crippen LogP contribution in [-0.4, -0.2) is 34.6 Å². The lowest BCUT2D eigenvalue weighted by atomic mass is 10.1. The lowest BCUT2D eigenvalue weighted by molar-refractivity contribution is 0.206. The highest BCUT2D eigenvalue weighted by molar-refractivity contribution is 5.89. The molecule has 6 nitrogen and oxygen atoms in total. The molecule has 0 aliphatic carbocycles. The molecule has 1 aliphatic rings. The third kappa shape index (κ3) is 4.03. The van der Waals surface area contributed by atoms with Crippen LogP contribution in [0.1, 0.15) is 16.8 Å². The summed E-state index contributed by atoms with van der Waals surface area (Å²) in [6.45, 7) is 2.63. The summed E-state index contributed by atoms with van der Waals surface area (Å²) in [6, 6.07) is 12.0. The van der Waals surface area contributed by atoms with Crippen LogP contribution in [-0.2, 0) is 13.0 Å². The summed E-state index contributed by atoms with van der Waals surface area (Å²) in [5.74, 6) is 1.09. The van der Waals surface area contributed by atoms with Gasteiger partial charge < -0.3 is 15.0 Å². The van der Waals surface area contributed by atoms with Crippen molar-refractivity contribution in [2.24, 2.45) is 0 Å². The van der Waals surface area contributed by atoms with Crippen LogP contribution in [0.3, 0.4) is 0 Å². The number of urea groups is 1. The van der Waals surface area contributed by atoms with Crippen LogP contribution in [0.2, 0.25) is 0 Å². The molecule has 29 heavy (non-hydrogen) atoms. The number of aryl methyl sites for hydroxylation is 1. The van der Waals surface area contributed by atoms with Crippen LogP contribution in [0.25, 0.3) is 11.4 Å². The van der Waals surface area contributed by atoms with Crippen LogP contribution in [0, 0.1) is 12.7 Å². The molecule has 0 radical (unpaired) electrons. The van der Waals surface area contributed by atoms with Crippen molar-refractivity contribution >= 4 is 11.7 Å². The Kier molecular flexibility index (Phi) is 5.12. The number of ether oxygens (including phenoxy) is 1. The van der Waals surface area contributed by atoms with Crippen molar-refractivity contribution in [1.29, 1.82) is 0 Å². The molecule has 2 heterocycles. The average Bonchev–Trinajstić information content (AvgIpc) is 2.75. The molecule has 1 N–H and O–H groups in total. The van der Waals surface area contributed by atoms with E-state index in [4.69, 9.17) is 4.74 Å². The molecular formula is C22H21FN4O2. The van der Waals surface area contributed by atoms with E-state index in [1.54, 1.807) is 37.3 Å². The highest BCUT2D eigenvalue weighted by atomic mass is 19.1. The number of aromatic nitrogens is 2. The van der Waals surface area contributed by atoms with Gasteiger partial charge in [0.05, 0.1) is 19.3 Å². The fourth-order valence-electron chi connectivity index (χ4n) is 3.24. The number of nitrogens with one attached hydrogen (secondary N) is 1. The summed E-state index contributed by atoms with van der Waals surface area (Å²) >= 11 is 0. The largest absolute Gasteiger partial charge is 0.497 e. The molecule has 0 saturated heterocycles. The zero-order chi connectivity index (χ0) is 20.4. The maximum absolute atomic E-state index is 13.7. The standard InChI is InChI=1S/C22H21FN4O2/c1-14-3-6-17(11-19(14)23)25-22(28)27-10-9-20-16(13-27)12-24-21(26-20)15-4-7-18(29-2)8-5-15/h3-8,11-12H,9-10,13H2,1-2H3,(H,25,28). The number of carbonyl (C=O) groups excluding carboxylic acids is 1. The Morgan fingerprint density at radius 3 is 2.72 bits per heavy atom. The van der Waals surface area contributed by atoms with Crippen molar-refractivity contribution in [3.05, 3.63) is 71.3 Å². The number of hydrogen-bond donors (Lipinski definition) is 1. The Balaban J connectivity index is 1.46. The molecule has 0 fully saturated rings. The fraction of sp³-hybridized carbons (Fsp3) is 0.227. The molecule has 0 saturated carbocycles. The third-order valence-corrected chi connectivity index (χ3v) is 4.99. The molecule has 7 heteroatoms. The Labute approximate surface area is 168 Å². The molecule has 2 amide bonds. The van der Waals surface area contributed by atoms with Crippen LogP contribution in [0.15, 0.2) is 48.7 Å². The van der Waals surface area contributed by atoms with Crippen LogP contribution >= 0.6 is 0 Å². The lowest BCUT2D eigenvalue weighted by Crippen LogP contribution is -2.39. The van der Waals surface area contributed by atoms with Crippen LogP contribution in [0.4, 0.5) is 14.9 Å². The Bertz CT molecular complexity index is 1050. The molecule has 2 aromatic carbocycles. The average molecular weight is 392 g/mol. The van der Waals surface area contributed by atoms with Gasteiger partial charge in [-0.1, -0.05) is 6.07 Å². The first-order valence-corrected chi connectivity index (χ1v) is 9.35. The summed E-state index contributed by atoms with van der Waals surface area (Å²) in [4.78, 5) is 23.4. The van der Waals surface area contributed by atoms with E-state index in [9.17, 15) is 9.18 Å². The maximum atomic E-state index is 13.7. The van der Waals surface area contributed by atoms with Gasteiger partial charge in [0.1, 0.15) is 11.6 Å². The lowest BCUT2D eigenvalue weighted by Gasteiger charge is -2.28. The molecule has 0 bridgehead atoms. The number of amides is 2. The molecular weight excluding hydrogens is 371 g/mol. The smallest absolute Gasteiger partial charge is 0.322 e. The van der Waals surface area contributed by atoms with Gasteiger partial charge in [-0.05, 0) is 48.9 Å². The number of rotatable bonds is 3. The van der Waals surface area contributed by atoms with Gasteiger partial charge in [0.2, 0.25) is 0 Å². The maximum Gasteiger partial charge on any atom is 0.322 e. The first-order valence-electron chi connectivity index (χ1n) is 9.35. The molecule has 1 aliphatic heterocycles. The highest BCUT2D eigenvalue weighted by Gasteiger charge is 2.23. The SMILES string of the molecule is COc1ccc(-c2ncc3c(n2)CCN(C(=O)Nc2ccc(C)c(F)c2)C3)cc1. The second-order valence-electron chi connectivity index (χ2n) is 6.96. The van der Waals surface area contributed by atoms with Gasteiger partial charge in [-0.25, -0.2) is 19.2 Å². The van der Waals surface area contributed by atoms with E-state index in [0.717, 1.165) is 22.6 Å². The van der Waals surface area contributed by atoms with E-state index in [2.05, 4.69) is 15.3 Å². The predicted octanol–water partition coefficient (Wildman–Crippen LogP) is 4.19. The fourth-order valence-corrected chi connectivity index (χ4v) is 3.24. The number of fused-ring (bicyclic) bond motifs is 1. The van der Waals surface area contributed by atoms with E-state index in [1.165, 1.54) is 6.07 Å². The molecule has 1 aromatic heterocycles. The molecule has 0 unspecified atom stereocenters. The van der Waals surface area contributed by atoms with E-state index < -0.39 is 0 Å². The van der Waals surface area contributed by atoms with Crippen molar-refractivity contribution in [1.82, 2.24) is 14.9 Å². The van der Waals surface area contributed by atoms with Crippen molar-refractivity contribution in [3.8, 4) is 17.1 Å². The third-order valence-electron chi connectivity index (χ3n) is 4.99. The summed E-state index contributed by atoms with van der Waals surface area (Å²) < 4.78 is 18.9. The Morgan fingerprint density at radius 2 is 2.00 bits per heavy atom. The summed E-state index contributed by atoms with van der Waals surface area (Å²) in [6.07, 6.45) is 2.41. The van der Waals surface area contributed by atoms with E-state index in [-0.39, 0.29) is 11.8 Å². The zero-order valence-electron chi connectivity index (χ0n) is 16.3. The first-order chi connectivity index (χ1) is 14.0. The van der Waals surface area contributed by atoms with Gasteiger partial charge in [-0.2, -0.15) is 0 Å². The van der Waals surface area contributed by atoms with Gasteiger partial charge in [-0.15, -0.1) is 0 Å². The second-order valence-corrected chi connectivity index (χ2v) is 6.96. The highest BCUT2D eigenvalue weighted by Crippen LogP contribution is 2.23. The van der Waals surface area contributed by atoms with Gasteiger partial charge in [0, 0.05) is 36.0 Å². The second kappa shape index (κ2) is 7.87. The number of halogens is 1. The van der Waals surface area contributed by atoms with Gasteiger partial charge >= 0.3 is 6.03 Å². The van der Waals surface area contributed by atoms with Crippen molar-refractivity contribution in [3.63, 3.8) is 0 Å². The van der Waals surface area contributed by atoms with Gasteiger partial charge in [0.25, 0.3) is 0 Å². The summed E-state index contributed by atoms with van der Waals surface area (Å²) in [7, 11) is 1.63. The number of methoxy groups -OCH3 is 1. The molecule has 148 valence electrons. The number of carbonyl (C=O) groups is 1. The minimum atomic E-state index is -0.341. The zero-order valence-corrected chi connectivity index (χ0v) is 16.3. The number of anilines is 1. The summed E-state index contributed by atoms with van der Waals surface area (Å²) in [5.41, 5.74) is 3.75. The molecule has 4 rings (SSSR count). The topological polar surface area (TPSA) is 67.4 Å². The normalized spacial score (nSPS) is 13.0. The quantitative estimate of drug-likeness (QED) is 0.726. The monoisotopic (exact) mass is 392 g/mol. The predicted molar refractivity (Wildman–Crippen MR) is 108 cm³/mol. The van der Waals surface area contributed by atoms with Gasteiger partial charge in [-0.3, -0.25) is 0 Å². The van der Waals surface area contributed by atoms with Gasteiger partial charge in [0.15, 0.2) is 5.82 Å². The van der Waals surface area contributed by atoms with E-state index in [1.807, 2.05) is 24.3 Å². The minimum Gasteiger partial charge on any atom is -0.497 e. The van der Waals surface area contributed by atoms with E-state index in [0.29, 0.717) is 36.6 Å². The number of hydrogen-bond acceptors (Lipinski definition) is 4. The molecule has 0 atom stereocenters. The van der Waals surface area contributed by atoms with E-state index >= 15 is 0 Å². The van der Waals surface area contributed by atoms with Crippen LogP contribution < -0.4 is 10.1 Å².